The van der Waals surface area contributed by atoms with E-state index in [1.807, 2.05) is 18.5 Å². The minimum Gasteiger partial charge on any atom is -0.394 e. The summed E-state index contributed by atoms with van der Waals surface area (Å²) in [5.74, 6) is -7.32. The molecular formula is C33H30BrClF5IN4O6. The molecule has 0 aromatic heterocycles. The largest absolute Gasteiger partial charge is 0.394 e. The van der Waals surface area contributed by atoms with Gasteiger partial charge in [-0.2, -0.15) is 0 Å². The Balaban J connectivity index is 0.000000276. The van der Waals surface area contributed by atoms with Gasteiger partial charge in [-0.25, -0.2) is 27.4 Å². The van der Waals surface area contributed by atoms with E-state index in [4.69, 9.17) is 31.5 Å². The normalized spacial score (nSPS) is 11.9. The molecule has 4 rings (SSSR count). The number of hydroxylamine groups is 2. The maximum Gasteiger partial charge on any atom is 0.290 e. The Bertz CT molecular complexity index is 1880. The number of hydrogen-bond acceptors (Lipinski definition) is 8. The fraction of sp³-hybridized carbons (Fsp3) is 0.212. The monoisotopic (exact) mass is 914 g/mol. The topological polar surface area (TPSA) is 132 Å². The molecule has 0 aliphatic rings. The molecule has 4 aromatic carbocycles. The smallest absolute Gasteiger partial charge is 0.290 e. The molecule has 51 heavy (non-hydrogen) atoms. The summed E-state index contributed by atoms with van der Waals surface area (Å²) in [5, 5.41) is 23.1. The predicted octanol–water partition coefficient (Wildman–Crippen LogP) is 8.23. The van der Waals surface area contributed by atoms with E-state index in [0.717, 1.165) is 39.5 Å². The van der Waals surface area contributed by atoms with Crippen LogP contribution in [0.25, 0.3) is 0 Å². The van der Waals surface area contributed by atoms with Crippen LogP contribution in [0.15, 0.2) is 60.7 Å². The molecule has 0 spiro atoms. The average molecular weight is 916 g/mol. The highest BCUT2D eigenvalue weighted by Gasteiger charge is 2.25. The number of aliphatic hydroxyl groups is 2. The molecule has 0 aliphatic heterocycles. The second kappa shape index (κ2) is 19.3. The van der Waals surface area contributed by atoms with Crippen LogP contribution in [0.1, 0.15) is 40.1 Å². The first-order valence-corrected chi connectivity index (χ1v) is 16.8. The lowest BCUT2D eigenvalue weighted by atomic mass is 10.1. The lowest BCUT2D eigenvalue weighted by molar-refractivity contribution is -0.101. The quantitative estimate of drug-likeness (QED) is 0.0416. The van der Waals surface area contributed by atoms with Crippen molar-refractivity contribution in [3.05, 3.63) is 115 Å². The van der Waals surface area contributed by atoms with Gasteiger partial charge in [0, 0.05) is 14.3 Å². The van der Waals surface area contributed by atoms with Crippen LogP contribution < -0.4 is 16.1 Å². The first-order chi connectivity index (χ1) is 24.1. The summed E-state index contributed by atoms with van der Waals surface area (Å²) in [7, 11) is 0. The Morgan fingerprint density at radius 1 is 0.824 bits per heavy atom. The number of anilines is 4. The van der Waals surface area contributed by atoms with Gasteiger partial charge in [0.05, 0.1) is 57.6 Å². The molecule has 4 aromatic rings. The Morgan fingerprint density at radius 3 is 1.94 bits per heavy atom. The standard InChI is InChI=1S/C17H16BrF2IN2O3.C16H14ClF3N2O3/c1-9-7-11(21)3-6-14(9)22-16-12(4-5-13(19)15(16)20)17(25)23(18)26-10(2)8-24;1-8(7-23)25-22-16(24)10-3-4-11(18)14(20)15(10)21-13-5-2-9(17)6-12(13)19/h3-7,10,22,24H,8H2,1-2H3;2-6,8,21,23H,7H2,1H3,(H,22,24). The molecule has 5 N–H and O–H groups in total. The number of halogens is 8. The Labute approximate surface area is 316 Å². The summed E-state index contributed by atoms with van der Waals surface area (Å²) in [5.41, 5.74) is 1.82. The molecule has 18 heteroatoms. The van der Waals surface area contributed by atoms with Crippen LogP contribution in [-0.2, 0) is 9.68 Å². The van der Waals surface area contributed by atoms with E-state index in [1.54, 1.807) is 19.1 Å². The summed E-state index contributed by atoms with van der Waals surface area (Å²) >= 11 is 10.7. The van der Waals surface area contributed by atoms with E-state index in [0.29, 0.717) is 9.78 Å². The number of nitrogens with one attached hydrogen (secondary N) is 3. The van der Waals surface area contributed by atoms with Crippen molar-refractivity contribution in [1.29, 1.82) is 0 Å². The van der Waals surface area contributed by atoms with Crippen molar-refractivity contribution in [2.24, 2.45) is 0 Å². The van der Waals surface area contributed by atoms with Crippen molar-refractivity contribution >= 4 is 84.9 Å². The number of rotatable bonds is 12. The molecule has 0 fully saturated rings. The van der Waals surface area contributed by atoms with Crippen molar-refractivity contribution in [3.8, 4) is 0 Å². The van der Waals surface area contributed by atoms with Crippen LogP contribution in [0.2, 0.25) is 5.02 Å². The molecule has 0 aliphatic carbocycles. The van der Waals surface area contributed by atoms with Crippen LogP contribution in [0.3, 0.4) is 0 Å². The fourth-order valence-electron chi connectivity index (χ4n) is 3.92. The molecule has 274 valence electrons. The van der Waals surface area contributed by atoms with E-state index in [-0.39, 0.29) is 40.7 Å². The highest BCUT2D eigenvalue weighted by Crippen LogP contribution is 2.31. The predicted molar refractivity (Wildman–Crippen MR) is 192 cm³/mol. The maximum absolute atomic E-state index is 14.4. The number of nitrogens with zero attached hydrogens (tertiary/aromatic N) is 1. The average Bonchev–Trinajstić information content (AvgIpc) is 3.09. The molecule has 0 radical (unpaired) electrons. The highest BCUT2D eigenvalue weighted by molar-refractivity contribution is 14.1. The summed E-state index contributed by atoms with van der Waals surface area (Å²) in [6.07, 6.45) is -1.38. The zero-order valence-electron chi connectivity index (χ0n) is 26.8. The van der Waals surface area contributed by atoms with E-state index in [2.05, 4.69) is 49.4 Å². The number of amides is 2. The second-order valence-corrected chi connectivity index (χ2v) is 12.9. The first kappa shape index (κ1) is 41.8. The van der Waals surface area contributed by atoms with Gasteiger partial charge in [-0.05, 0) is 110 Å². The SMILES string of the molecule is CC(CO)ONC(=O)c1ccc(F)c(F)c1Nc1ccc(Cl)cc1F.Cc1cc(I)ccc1Nc1c(C(=O)N(Br)OC(C)CO)ccc(F)c1F. The van der Waals surface area contributed by atoms with Crippen molar-refractivity contribution in [2.75, 3.05) is 23.8 Å². The van der Waals surface area contributed by atoms with Crippen molar-refractivity contribution < 1.29 is 51.4 Å². The Morgan fingerprint density at radius 2 is 1.37 bits per heavy atom. The second-order valence-electron chi connectivity index (χ2n) is 10.6. The molecule has 0 saturated carbocycles. The van der Waals surface area contributed by atoms with Crippen LogP contribution in [0.4, 0.5) is 44.7 Å². The van der Waals surface area contributed by atoms with E-state index < -0.39 is 58.8 Å². The lowest BCUT2D eigenvalue weighted by Crippen LogP contribution is -2.30. The van der Waals surface area contributed by atoms with Gasteiger partial charge in [0.15, 0.2) is 23.3 Å². The van der Waals surface area contributed by atoms with E-state index in [9.17, 15) is 31.5 Å². The molecular weight excluding hydrogens is 886 g/mol. The number of carbonyl (C=O) groups is 2. The number of aryl methyl sites for hydroxylation is 1. The summed E-state index contributed by atoms with van der Waals surface area (Å²) in [4.78, 5) is 34.6. The van der Waals surface area contributed by atoms with Gasteiger partial charge in [0.1, 0.15) is 18.0 Å². The minimum absolute atomic E-state index is 0.118. The third-order valence-corrected chi connectivity index (χ3v) is 8.00. The van der Waals surface area contributed by atoms with Gasteiger partial charge in [-0.3, -0.25) is 19.3 Å². The third kappa shape index (κ3) is 11.4. The van der Waals surface area contributed by atoms with Crippen molar-refractivity contribution in [1.82, 2.24) is 9.57 Å². The van der Waals surface area contributed by atoms with E-state index in [1.165, 1.54) is 19.1 Å². The minimum atomic E-state index is -1.36. The molecule has 2 atom stereocenters. The van der Waals surface area contributed by atoms with Gasteiger partial charge in [-0.15, -0.1) is 4.09 Å². The third-order valence-electron chi connectivity index (χ3n) is 6.60. The highest BCUT2D eigenvalue weighted by atomic mass is 127. The Hall–Kier alpha value is -3.59. The summed E-state index contributed by atoms with van der Waals surface area (Å²) in [6.45, 7) is 4.15. The fourth-order valence-corrected chi connectivity index (χ4v) is 5.20. The lowest BCUT2D eigenvalue weighted by Gasteiger charge is -2.20. The van der Waals surface area contributed by atoms with Crippen LogP contribution >= 0.6 is 50.3 Å². The molecule has 0 bridgehead atoms. The van der Waals surface area contributed by atoms with Crippen LogP contribution in [0.5, 0.6) is 0 Å². The van der Waals surface area contributed by atoms with Crippen LogP contribution in [0, 0.1) is 39.6 Å². The molecule has 0 heterocycles. The Kier molecular flexibility index (Phi) is 15.8. The van der Waals surface area contributed by atoms with Gasteiger partial charge in [-0.1, -0.05) is 11.6 Å². The number of hydrogen-bond donors (Lipinski definition) is 5. The number of aliphatic hydroxyl groups excluding tert-OH is 2. The molecule has 0 saturated heterocycles. The van der Waals surface area contributed by atoms with Crippen molar-refractivity contribution in [2.45, 2.75) is 33.0 Å². The summed E-state index contributed by atoms with van der Waals surface area (Å²) in [6, 6.07) is 12.7. The van der Waals surface area contributed by atoms with Gasteiger partial charge in [0.2, 0.25) is 0 Å². The van der Waals surface area contributed by atoms with Crippen molar-refractivity contribution in [3.63, 3.8) is 0 Å². The van der Waals surface area contributed by atoms with Gasteiger partial charge in [0.25, 0.3) is 11.8 Å². The van der Waals surface area contributed by atoms with Gasteiger partial charge < -0.3 is 20.8 Å². The molecule has 2 amide bonds. The van der Waals surface area contributed by atoms with Gasteiger partial charge >= 0.3 is 0 Å². The number of benzene rings is 4. The molecule has 10 nitrogen and oxygen atoms in total. The van der Waals surface area contributed by atoms with E-state index >= 15 is 0 Å². The maximum atomic E-state index is 14.4. The number of carbonyl (C=O) groups excluding carboxylic acids is 2. The zero-order valence-corrected chi connectivity index (χ0v) is 31.3. The summed E-state index contributed by atoms with van der Waals surface area (Å²) < 4.78 is 71.4. The first-order valence-electron chi connectivity index (χ1n) is 14.6. The van der Waals surface area contributed by atoms with Crippen LogP contribution in [-0.4, -0.2) is 51.5 Å². The zero-order chi connectivity index (χ0) is 38.0. The molecule has 2 unspecified atom stereocenters.